The number of amides is 1. The molecule has 71 heavy (non-hydrogen) atoms. The third kappa shape index (κ3) is 59.4. The average molecular weight is 997 g/mol. The number of aliphatic hydroxyl groups is 2. The van der Waals surface area contributed by atoms with Gasteiger partial charge in [-0.05, 0) is 51.4 Å². The summed E-state index contributed by atoms with van der Waals surface area (Å²) in [6, 6.07) is -0.535. The zero-order chi connectivity index (χ0) is 51.3. The third-order valence-corrected chi connectivity index (χ3v) is 15.4. The number of unbranched alkanes of at least 4 members (excludes halogenated alkanes) is 48. The molecule has 0 aromatic rings. The van der Waals surface area contributed by atoms with Gasteiger partial charge in [-0.2, -0.15) is 0 Å². The first-order valence-electron chi connectivity index (χ1n) is 32.7. The van der Waals surface area contributed by atoms with Gasteiger partial charge in [-0.3, -0.25) is 4.79 Å². The quantitative estimate of drug-likeness (QED) is 0.0420. The van der Waals surface area contributed by atoms with E-state index in [9.17, 15) is 15.0 Å². The summed E-state index contributed by atoms with van der Waals surface area (Å²) in [4.78, 5) is 12.5. The van der Waals surface area contributed by atoms with Crippen molar-refractivity contribution in [1.29, 1.82) is 0 Å². The second kappa shape index (κ2) is 62.9. The van der Waals surface area contributed by atoms with Crippen LogP contribution in [0.15, 0.2) is 36.5 Å². The number of nitrogens with one attached hydrogen (secondary N) is 1. The lowest BCUT2D eigenvalue weighted by atomic mass is 10.0. The summed E-state index contributed by atoms with van der Waals surface area (Å²) < 4.78 is 0. The third-order valence-electron chi connectivity index (χ3n) is 15.4. The number of hydrogen-bond donors (Lipinski definition) is 3. The van der Waals surface area contributed by atoms with Gasteiger partial charge in [0.1, 0.15) is 0 Å². The van der Waals surface area contributed by atoms with E-state index in [1.807, 2.05) is 0 Å². The SMILES string of the molecule is CCCCCCC/C=C\C/C=C\C/C=C\CCCCCCCCCCCCCCCCCCCCCCCCC(=O)NC(CO)C(O)CCCCCCCCCCCCCCCCCCCCCCCC. The number of allylic oxidation sites excluding steroid dienone is 6. The minimum atomic E-state index is -0.659. The van der Waals surface area contributed by atoms with Gasteiger partial charge in [0.15, 0.2) is 0 Å². The van der Waals surface area contributed by atoms with E-state index < -0.39 is 12.1 Å². The molecule has 0 aliphatic rings. The molecule has 0 saturated carbocycles. The van der Waals surface area contributed by atoms with Crippen molar-refractivity contribution in [1.82, 2.24) is 5.32 Å². The summed E-state index contributed by atoms with van der Waals surface area (Å²) in [6.07, 6.45) is 86.1. The zero-order valence-corrected chi connectivity index (χ0v) is 48.5. The standard InChI is InChI=1S/C67H129NO3/c1-3-5-7-9-11-13-15-17-19-21-23-25-27-28-29-30-31-32-33-34-35-36-37-38-39-40-41-43-45-47-49-51-53-55-57-59-61-63-67(71)68-65(64-69)66(70)62-60-58-56-54-52-50-48-46-44-42-26-24-22-20-18-16-14-12-10-8-6-4-2/h15,17,21,23,27-28,65-66,69-70H,3-14,16,18-20,22,24-26,29-64H2,1-2H3,(H,68,71)/b17-15-,23-21-,28-27-. The monoisotopic (exact) mass is 996 g/mol. The van der Waals surface area contributed by atoms with Crippen LogP contribution in [0.25, 0.3) is 0 Å². The molecule has 0 aliphatic carbocycles. The predicted molar refractivity (Wildman–Crippen MR) is 318 cm³/mol. The molecule has 1 amide bonds. The van der Waals surface area contributed by atoms with E-state index in [4.69, 9.17) is 0 Å². The molecular weight excluding hydrogens is 867 g/mol. The van der Waals surface area contributed by atoms with Gasteiger partial charge in [-0.25, -0.2) is 0 Å². The van der Waals surface area contributed by atoms with Crippen molar-refractivity contribution in [3.8, 4) is 0 Å². The fourth-order valence-electron chi connectivity index (χ4n) is 10.4. The number of carbonyl (C=O) groups is 1. The molecular formula is C67H129NO3. The summed E-state index contributed by atoms with van der Waals surface area (Å²) in [6.45, 7) is 4.39. The lowest BCUT2D eigenvalue weighted by Crippen LogP contribution is -2.45. The van der Waals surface area contributed by atoms with Crippen LogP contribution in [0.1, 0.15) is 367 Å². The number of hydrogen-bond acceptors (Lipinski definition) is 3. The molecule has 0 aromatic heterocycles. The lowest BCUT2D eigenvalue weighted by Gasteiger charge is -2.22. The van der Waals surface area contributed by atoms with E-state index >= 15 is 0 Å². The first-order valence-corrected chi connectivity index (χ1v) is 32.7. The second-order valence-electron chi connectivity index (χ2n) is 22.5. The predicted octanol–water partition coefficient (Wildman–Crippen LogP) is 22.0. The molecule has 0 aliphatic heterocycles. The number of carbonyl (C=O) groups excluding carboxylic acids is 1. The molecule has 4 heteroatoms. The minimum absolute atomic E-state index is 0.0234. The van der Waals surface area contributed by atoms with Crippen LogP contribution in [0.3, 0.4) is 0 Å². The highest BCUT2D eigenvalue weighted by atomic mass is 16.3. The molecule has 2 atom stereocenters. The van der Waals surface area contributed by atoms with Crippen molar-refractivity contribution in [2.45, 2.75) is 379 Å². The molecule has 0 spiro atoms. The van der Waals surface area contributed by atoms with Crippen LogP contribution in [-0.2, 0) is 4.79 Å². The Labute approximate surface area is 446 Å². The van der Waals surface area contributed by atoms with E-state index in [0.29, 0.717) is 12.8 Å². The zero-order valence-electron chi connectivity index (χ0n) is 48.5. The van der Waals surface area contributed by atoms with E-state index in [0.717, 1.165) is 38.5 Å². The van der Waals surface area contributed by atoms with Crippen molar-refractivity contribution in [2.75, 3.05) is 6.61 Å². The molecule has 4 nitrogen and oxygen atoms in total. The summed E-state index contributed by atoms with van der Waals surface area (Å²) in [5, 5.41) is 23.4. The largest absolute Gasteiger partial charge is 0.394 e. The summed E-state index contributed by atoms with van der Waals surface area (Å²) in [5.41, 5.74) is 0. The molecule has 0 fully saturated rings. The van der Waals surface area contributed by atoms with Gasteiger partial charge in [0.2, 0.25) is 5.91 Å². The van der Waals surface area contributed by atoms with Gasteiger partial charge in [-0.1, -0.05) is 346 Å². The van der Waals surface area contributed by atoms with Crippen molar-refractivity contribution >= 4 is 5.91 Å². The molecule has 0 rings (SSSR count). The second-order valence-corrected chi connectivity index (χ2v) is 22.5. The van der Waals surface area contributed by atoms with Crippen LogP contribution >= 0.6 is 0 Å². The van der Waals surface area contributed by atoms with Crippen LogP contribution in [0.5, 0.6) is 0 Å². The maximum absolute atomic E-state index is 12.5. The highest BCUT2D eigenvalue weighted by Crippen LogP contribution is 2.19. The Kier molecular flexibility index (Phi) is 61.7. The summed E-state index contributed by atoms with van der Waals surface area (Å²) in [5.74, 6) is -0.0234. The highest BCUT2D eigenvalue weighted by molar-refractivity contribution is 5.76. The molecule has 3 N–H and O–H groups in total. The van der Waals surface area contributed by atoms with Crippen molar-refractivity contribution in [2.24, 2.45) is 0 Å². The minimum Gasteiger partial charge on any atom is -0.394 e. The normalized spacial score (nSPS) is 12.9. The van der Waals surface area contributed by atoms with Crippen LogP contribution in [0, 0.1) is 0 Å². The fraction of sp³-hybridized carbons (Fsp3) is 0.896. The van der Waals surface area contributed by atoms with Gasteiger partial charge < -0.3 is 15.5 Å². The molecule has 0 heterocycles. The molecule has 0 saturated heterocycles. The Morgan fingerprint density at radius 2 is 0.577 bits per heavy atom. The Bertz CT molecular complexity index is 1080. The van der Waals surface area contributed by atoms with Crippen LogP contribution in [0.2, 0.25) is 0 Å². The van der Waals surface area contributed by atoms with E-state index in [1.165, 1.54) is 302 Å². The van der Waals surface area contributed by atoms with Crippen LogP contribution in [-0.4, -0.2) is 34.9 Å². The Balaban J connectivity index is 3.39. The highest BCUT2D eigenvalue weighted by Gasteiger charge is 2.20. The molecule has 2 unspecified atom stereocenters. The number of rotatable bonds is 61. The molecule has 0 bridgehead atoms. The Morgan fingerprint density at radius 1 is 0.338 bits per heavy atom. The summed E-state index contributed by atoms with van der Waals surface area (Å²) in [7, 11) is 0. The average Bonchev–Trinajstić information content (AvgIpc) is 3.37. The van der Waals surface area contributed by atoms with Crippen molar-refractivity contribution < 1.29 is 15.0 Å². The lowest BCUT2D eigenvalue weighted by molar-refractivity contribution is -0.123. The molecule has 0 radical (unpaired) electrons. The maximum atomic E-state index is 12.5. The van der Waals surface area contributed by atoms with Crippen LogP contribution < -0.4 is 5.32 Å². The molecule has 0 aromatic carbocycles. The van der Waals surface area contributed by atoms with Gasteiger partial charge >= 0.3 is 0 Å². The van der Waals surface area contributed by atoms with Crippen molar-refractivity contribution in [3.63, 3.8) is 0 Å². The van der Waals surface area contributed by atoms with Gasteiger partial charge in [0.25, 0.3) is 0 Å². The van der Waals surface area contributed by atoms with Gasteiger partial charge in [-0.15, -0.1) is 0 Å². The van der Waals surface area contributed by atoms with Gasteiger partial charge in [0.05, 0.1) is 18.8 Å². The van der Waals surface area contributed by atoms with Crippen molar-refractivity contribution in [3.05, 3.63) is 36.5 Å². The maximum Gasteiger partial charge on any atom is 0.220 e. The first kappa shape index (κ1) is 69.6. The Hall–Kier alpha value is -1.39. The molecule has 420 valence electrons. The van der Waals surface area contributed by atoms with E-state index in [1.54, 1.807) is 0 Å². The summed E-state index contributed by atoms with van der Waals surface area (Å²) >= 11 is 0. The van der Waals surface area contributed by atoms with E-state index in [-0.39, 0.29) is 12.5 Å². The fourth-order valence-corrected chi connectivity index (χ4v) is 10.4. The van der Waals surface area contributed by atoms with Crippen LogP contribution in [0.4, 0.5) is 0 Å². The van der Waals surface area contributed by atoms with E-state index in [2.05, 4.69) is 55.6 Å². The Morgan fingerprint density at radius 3 is 0.859 bits per heavy atom. The smallest absolute Gasteiger partial charge is 0.220 e. The topological polar surface area (TPSA) is 69.6 Å². The van der Waals surface area contributed by atoms with Gasteiger partial charge in [0, 0.05) is 6.42 Å². The first-order chi connectivity index (χ1) is 35.2. The number of aliphatic hydroxyl groups excluding tert-OH is 2.